The largest absolute Gasteiger partial charge is 0.411 e. The number of nitrogen functional groups attached to an aromatic ring is 1. The Morgan fingerprint density at radius 3 is 2.74 bits per heavy atom. The average molecular weight is 322 g/mol. The van der Waals surface area contributed by atoms with Crippen molar-refractivity contribution in [1.29, 1.82) is 0 Å². The van der Waals surface area contributed by atoms with Crippen LogP contribution in [-0.4, -0.2) is 44.3 Å². The Bertz CT molecular complexity index is 643. The second-order valence-corrected chi connectivity index (χ2v) is 4.66. The number of nitrogens with one attached hydrogen (secondary N) is 1. The predicted molar refractivity (Wildman–Crippen MR) is 82.8 cm³/mol. The summed E-state index contributed by atoms with van der Waals surface area (Å²) in [5, 5.41) is 25.4. The lowest BCUT2D eigenvalue weighted by Gasteiger charge is -2.09. The van der Waals surface area contributed by atoms with Crippen molar-refractivity contribution in [3.8, 4) is 0 Å². The van der Waals surface area contributed by atoms with Crippen LogP contribution in [0.4, 0.5) is 5.82 Å². The van der Waals surface area contributed by atoms with Crippen LogP contribution in [0.1, 0.15) is 30.8 Å². The Morgan fingerprint density at radius 2 is 2.22 bits per heavy atom. The number of aromatic nitrogens is 2. The summed E-state index contributed by atoms with van der Waals surface area (Å²) in [4.78, 5) is 29.9. The highest BCUT2D eigenvalue weighted by atomic mass is 16.6. The first-order valence-electron chi connectivity index (χ1n) is 6.78. The Kier molecular flexibility index (Phi) is 6.59. The van der Waals surface area contributed by atoms with E-state index in [9.17, 15) is 14.9 Å². The molecule has 0 aromatic carbocycles. The molecule has 1 heterocycles. The van der Waals surface area contributed by atoms with Gasteiger partial charge >= 0.3 is 0 Å². The number of hydrogen-bond donors (Lipinski definition) is 3. The molecule has 1 aromatic rings. The van der Waals surface area contributed by atoms with Gasteiger partial charge in [0.2, 0.25) is 6.04 Å². The van der Waals surface area contributed by atoms with Crippen LogP contribution in [0.25, 0.3) is 0 Å². The molecule has 0 fully saturated rings. The number of nitrogens with two attached hydrogens (primary N) is 1. The van der Waals surface area contributed by atoms with Gasteiger partial charge in [-0.1, -0.05) is 12.1 Å². The van der Waals surface area contributed by atoms with Crippen LogP contribution in [-0.2, 0) is 0 Å². The molecule has 1 rings (SSSR count). The molecular weight excluding hydrogens is 304 g/mol. The van der Waals surface area contributed by atoms with Crippen molar-refractivity contribution in [2.24, 2.45) is 5.16 Å². The van der Waals surface area contributed by atoms with Crippen LogP contribution >= 0.6 is 0 Å². The third-order valence-corrected chi connectivity index (χ3v) is 3.06. The summed E-state index contributed by atoms with van der Waals surface area (Å²) in [5.41, 5.74) is 5.96. The molecule has 1 amide bonds. The van der Waals surface area contributed by atoms with Gasteiger partial charge < -0.3 is 16.3 Å². The lowest BCUT2D eigenvalue weighted by Crippen LogP contribution is -2.31. The molecule has 4 N–H and O–H groups in total. The number of amides is 1. The molecule has 0 aliphatic carbocycles. The van der Waals surface area contributed by atoms with E-state index in [-0.39, 0.29) is 23.8 Å². The monoisotopic (exact) mass is 322 g/mol. The van der Waals surface area contributed by atoms with E-state index in [1.165, 1.54) is 18.5 Å². The second-order valence-electron chi connectivity index (χ2n) is 4.66. The van der Waals surface area contributed by atoms with Gasteiger partial charge in [-0.3, -0.25) is 14.9 Å². The number of hydrogen-bond acceptors (Lipinski definition) is 8. The van der Waals surface area contributed by atoms with Gasteiger partial charge in [-0.15, -0.1) is 0 Å². The maximum absolute atomic E-state index is 11.9. The highest BCUT2D eigenvalue weighted by molar-refractivity contribution is 6.02. The quantitative estimate of drug-likeness (QED) is 0.287. The predicted octanol–water partition coefficient (Wildman–Crippen LogP) is 0.620. The molecular formula is C13H18N6O4. The summed E-state index contributed by atoms with van der Waals surface area (Å²) in [7, 11) is 0. The van der Waals surface area contributed by atoms with Gasteiger partial charge in [-0.05, 0) is 13.0 Å². The Morgan fingerprint density at radius 1 is 1.57 bits per heavy atom. The van der Waals surface area contributed by atoms with E-state index >= 15 is 0 Å². The first-order chi connectivity index (χ1) is 10.9. The molecule has 1 atom stereocenters. The fourth-order valence-electron chi connectivity index (χ4n) is 1.89. The summed E-state index contributed by atoms with van der Waals surface area (Å²) < 4.78 is 0. The lowest BCUT2D eigenvalue weighted by molar-refractivity contribution is -0.512. The van der Waals surface area contributed by atoms with Crippen molar-refractivity contribution < 1.29 is 14.9 Å². The summed E-state index contributed by atoms with van der Waals surface area (Å²) >= 11 is 0. The molecule has 1 aromatic heterocycles. The third kappa shape index (κ3) is 5.02. The summed E-state index contributed by atoms with van der Waals surface area (Å²) in [5.74, 6) is -0.622. The van der Waals surface area contributed by atoms with Crippen molar-refractivity contribution >= 4 is 17.4 Å². The highest BCUT2D eigenvalue weighted by Crippen LogP contribution is 2.09. The zero-order valence-electron chi connectivity index (χ0n) is 12.8. The van der Waals surface area contributed by atoms with Gasteiger partial charge in [0.15, 0.2) is 11.5 Å². The van der Waals surface area contributed by atoms with E-state index in [1.54, 1.807) is 13.8 Å². The maximum atomic E-state index is 11.9. The molecule has 1 unspecified atom stereocenters. The number of anilines is 1. The number of carbonyl (C=O) groups is 1. The molecule has 0 radical (unpaired) electrons. The van der Waals surface area contributed by atoms with E-state index in [0.717, 1.165) is 0 Å². The number of nitrogens with zero attached hydrogens (tertiary/aromatic N) is 4. The Balaban J connectivity index is 2.77. The molecule has 0 bridgehead atoms. The van der Waals surface area contributed by atoms with Crippen LogP contribution in [0.3, 0.4) is 0 Å². The molecule has 0 saturated carbocycles. The van der Waals surface area contributed by atoms with Crippen LogP contribution < -0.4 is 11.1 Å². The zero-order chi connectivity index (χ0) is 17.4. The van der Waals surface area contributed by atoms with Crippen molar-refractivity contribution in [2.45, 2.75) is 26.3 Å². The van der Waals surface area contributed by atoms with Gasteiger partial charge in [-0.25, -0.2) is 9.97 Å². The molecule has 0 saturated heterocycles. The molecule has 124 valence electrons. The fourth-order valence-corrected chi connectivity index (χ4v) is 1.89. The van der Waals surface area contributed by atoms with Crippen molar-refractivity contribution in [1.82, 2.24) is 15.3 Å². The minimum Gasteiger partial charge on any atom is -0.411 e. The van der Waals surface area contributed by atoms with E-state index in [4.69, 9.17) is 10.9 Å². The molecule has 23 heavy (non-hydrogen) atoms. The number of carbonyl (C=O) groups excluding carboxylic acids is 1. The standard InChI is InChI=1S/C13H18N6O4/c1-3-10(19(22)23)8(2)6-9(18-21)7-17-13(20)11-12(14)16-5-4-15-11/h4-6,10,21H,3,7H2,1-2H3,(H2,14,16)(H,17,20)/b8-6+,18-9+. The van der Waals surface area contributed by atoms with E-state index < -0.39 is 16.9 Å². The minimum atomic E-state index is -0.877. The summed E-state index contributed by atoms with van der Waals surface area (Å²) in [6.45, 7) is 3.10. The third-order valence-electron chi connectivity index (χ3n) is 3.06. The van der Waals surface area contributed by atoms with Gasteiger partial charge in [0, 0.05) is 29.3 Å². The molecule has 10 heteroatoms. The fraction of sp³-hybridized carbons (Fsp3) is 0.385. The lowest BCUT2D eigenvalue weighted by atomic mass is 10.1. The van der Waals surface area contributed by atoms with Gasteiger partial charge in [0.05, 0.1) is 12.3 Å². The molecule has 0 aliphatic heterocycles. The SMILES string of the molecule is CCC(/C(C)=C/C(CNC(=O)c1nccnc1N)=N\O)[N+](=O)[O-]. The maximum Gasteiger partial charge on any atom is 0.274 e. The molecule has 0 aliphatic rings. The van der Waals surface area contributed by atoms with Crippen molar-refractivity contribution in [2.75, 3.05) is 12.3 Å². The number of oxime groups is 1. The Labute approximate surface area is 132 Å². The van der Waals surface area contributed by atoms with Crippen LogP contribution in [0.15, 0.2) is 29.2 Å². The first kappa shape index (κ1) is 18.0. The van der Waals surface area contributed by atoms with Crippen molar-refractivity contribution in [3.63, 3.8) is 0 Å². The van der Waals surface area contributed by atoms with Crippen LogP contribution in [0, 0.1) is 10.1 Å². The molecule has 10 nitrogen and oxygen atoms in total. The normalized spacial score (nSPS) is 13.5. The van der Waals surface area contributed by atoms with Gasteiger partial charge in [0.1, 0.15) is 0 Å². The summed E-state index contributed by atoms with van der Waals surface area (Å²) in [6.07, 6.45) is 4.33. The zero-order valence-corrected chi connectivity index (χ0v) is 12.8. The average Bonchev–Trinajstić information content (AvgIpc) is 2.51. The first-order valence-corrected chi connectivity index (χ1v) is 6.78. The van der Waals surface area contributed by atoms with E-state index in [0.29, 0.717) is 12.0 Å². The number of nitro groups is 1. The van der Waals surface area contributed by atoms with E-state index in [2.05, 4.69) is 20.4 Å². The van der Waals surface area contributed by atoms with Gasteiger partial charge in [-0.2, -0.15) is 0 Å². The number of rotatable bonds is 7. The summed E-state index contributed by atoms with van der Waals surface area (Å²) in [6, 6.07) is -0.877. The minimum absolute atomic E-state index is 0.0291. The second kappa shape index (κ2) is 8.41. The smallest absolute Gasteiger partial charge is 0.274 e. The highest BCUT2D eigenvalue weighted by Gasteiger charge is 2.20. The topological polar surface area (TPSA) is 157 Å². The van der Waals surface area contributed by atoms with Crippen LogP contribution in [0.5, 0.6) is 0 Å². The Hall–Kier alpha value is -3.04. The van der Waals surface area contributed by atoms with Crippen LogP contribution in [0.2, 0.25) is 0 Å². The van der Waals surface area contributed by atoms with E-state index in [1.807, 2.05) is 0 Å². The van der Waals surface area contributed by atoms with Crippen molar-refractivity contribution in [3.05, 3.63) is 39.9 Å². The van der Waals surface area contributed by atoms with Gasteiger partial charge in [0.25, 0.3) is 5.91 Å². The molecule has 0 spiro atoms.